The number of nitrogens with two attached hydrogens (primary N) is 1. The van der Waals surface area contributed by atoms with Crippen LogP contribution < -0.4 is 5.73 Å². The summed E-state index contributed by atoms with van der Waals surface area (Å²) in [6, 6.07) is 7.43. The molecule has 1 aliphatic rings. The maximum Gasteiger partial charge on any atom is 0.254 e. The lowest BCUT2D eigenvalue weighted by atomic mass is 10.1. The van der Waals surface area contributed by atoms with E-state index in [-0.39, 0.29) is 11.9 Å². The second-order valence-corrected chi connectivity index (χ2v) is 5.55. The van der Waals surface area contributed by atoms with Gasteiger partial charge in [-0.2, -0.15) is 0 Å². The van der Waals surface area contributed by atoms with E-state index in [2.05, 4.69) is 9.55 Å². The lowest BCUT2D eigenvalue weighted by Crippen LogP contribution is -2.38. The third-order valence-corrected chi connectivity index (χ3v) is 4.10. The Morgan fingerprint density at radius 3 is 3.05 bits per heavy atom. The number of hydrogen-bond donors (Lipinski definition) is 1. The molecule has 1 unspecified atom stereocenters. The van der Waals surface area contributed by atoms with Gasteiger partial charge in [-0.15, -0.1) is 0 Å². The van der Waals surface area contributed by atoms with E-state index < -0.39 is 0 Å². The number of carbonyl (C=O) groups is 1. The summed E-state index contributed by atoms with van der Waals surface area (Å²) in [6.07, 6.45) is 5.85. The van der Waals surface area contributed by atoms with Crippen LogP contribution in [0.15, 0.2) is 36.7 Å². The SMILES string of the molecule is Cc1nccn1CC1CCCN1C(=O)c1cccc(N)c1. The van der Waals surface area contributed by atoms with Crippen LogP contribution in [-0.2, 0) is 6.54 Å². The average Bonchev–Trinajstić information content (AvgIpc) is 3.08. The maximum absolute atomic E-state index is 12.7. The van der Waals surface area contributed by atoms with E-state index in [9.17, 15) is 4.79 Å². The fourth-order valence-electron chi connectivity index (χ4n) is 2.95. The number of hydrogen-bond acceptors (Lipinski definition) is 3. The molecular weight excluding hydrogens is 264 g/mol. The molecule has 0 saturated carbocycles. The predicted octanol–water partition coefficient (Wildman–Crippen LogP) is 2.08. The predicted molar refractivity (Wildman–Crippen MR) is 81.9 cm³/mol. The molecular formula is C16H20N4O. The van der Waals surface area contributed by atoms with Crippen molar-refractivity contribution >= 4 is 11.6 Å². The van der Waals surface area contributed by atoms with Gasteiger partial charge in [0.25, 0.3) is 5.91 Å². The third kappa shape index (κ3) is 2.77. The Kier molecular flexibility index (Phi) is 3.64. The van der Waals surface area contributed by atoms with Crippen molar-refractivity contribution in [2.75, 3.05) is 12.3 Å². The Balaban J connectivity index is 1.77. The first-order chi connectivity index (χ1) is 10.1. The lowest BCUT2D eigenvalue weighted by Gasteiger charge is -2.25. The molecule has 2 heterocycles. The molecule has 1 aliphatic heterocycles. The van der Waals surface area contributed by atoms with Crippen molar-refractivity contribution in [3.63, 3.8) is 0 Å². The molecule has 21 heavy (non-hydrogen) atoms. The van der Waals surface area contributed by atoms with Gasteiger partial charge in [0, 0.05) is 36.7 Å². The van der Waals surface area contributed by atoms with Crippen LogP contribution in [0.1, 0.15) is 29.0 Å². The molecule has 3 rings (SSSR count). The minimum atomic E-state index is 0.0718. The minimum absolute atomic E-state index is 0.0718. The number of nitrogen functional groups attached to an aromatic ring is 1. The summed E-state index contributed by atoms with van der Waals surface area (Å²) in [5.74, 6) is 1.06. The standard InChI is InChI=1S/C16H20N4O/c1-12-18-7-9-19(12)11-15-6-3-8-20(15)16(21)13-4-2-5-14(17)10-13/h2,4-5,7,9-10,15H,3,6,8,11,17H2,1H3. The normalized spacial score (nSPS) is 18.1. The monoisotopic (exact) mass is 284 g/mol. The molecule has 0 radical (unpaired) electrons. The first kappa shape index (κ1) is 13.7. The fourth-order valence-corrected chi connectivity index (χ4v) is 2.95. The second-order valence-electron chi connectivity index (χ2n) is 5.55. The molecule has 0 aliphatic carbocycles. The van der Waals surface area contributed by atoms with Crippen LogP contribution in [0.3, 0.4) is 0 Å². The Morgan fingerprint density at radius 2 is 2.33 bits per heavy atom. The molecule has 2 N–H and O–H groups in total. The van der Waals surface area contributed by atoms with Crippen molar-refractivity contribution in [3.05, 3.63) is 48.0 Å². The van der Waals surface area contributed by atoms with Crippen LogP contribution in [0, 0.1) is 6.92 Å². The van der Waals surface area contributed by atoms with Crippen LogP contribution >= 0.6 is 0 Å². The van der Waals surface area contributed by atoms with Gasteiger partial charge >= 0.3 is 0 Å². The van der Waals surface area contributed by atoms with Gasteiger partial charge in [0.05, 0.1) is 6.04 Å². The van der Waals surface area contributed by atoms with Crippen LogP contribution in [0.25, 0.3) is 0 Å². The van der Waals surface area contributed by atoms with Crippen LogP contribution in [0.2, 0.25) is 0 Å². The highest BCUT2D eigenvalue weighted by Crippen LogP contribution is 2.22. The molecule has 5 nitrogen and oxygen atoms in total. The Bertz CT molecular complexity index is 649. The van der Waals surface area contributed by atoms with E-state index in [0.717, 1.165) is 31.8 Å². The summed E-state index contributed by atoms with van der Waals surface area (Å²) in [5, 5.41) is 0. The smallest absolute Gasteiger partial charge is 0.254 e. The number of carbonyl (C=O) groups excluding carboxylic acids is 1. The molecule has 5 heteroatoms. The molecule has 1 amide bonds. The number of rotatable bonds is 3. The van der Waals surface area contributed by atoms with Crippen molar-refractivity contribution in [3.8, 4) is 0 Å². The summed E-state index contributed by atoms with van der Waals surface area (Å²) >= 11 is 0. The molecule has 1 aromatic carbocycles. The van der Waals surface area contributed by atoms with Crippen molar-refractivity contribution in [1.82, 2.24) is 14.5 Å². The van der Waals surface area contributed by atoms with Crippen LogP contribution in [0.5, 0.6) is 0 Å². The number of imidazole rings is 1. The van der Waals surface area contributed by atoms with Gasteiger partial charge in [0.1, 0.15) is 5.82 Å². The number of aromatic nitrogens is 2. The average molecular weight is 284 g/mol. The van der Waals surface area contributed by atoms with Gasteiger partial charge in [-0.25, -0.2) is 4.98 Å². The van der Waals surface area contributed by atoms with Gasteiger partial charge in [-0.05, 0) is 38.0 Å². The summed E-state index contributed by atoms with van der Waals surface area (Å²) in [4.78, 5) is 18.9. The van der Waals surface area contributed by atoms with E-state index in [1.54, 1.807) is 18.3 Å². The zero-order valence-corrected chi connectivity index (χ0v) is 12.2. The van der Waals surface area contributed by atoms with Crippen LogP contribution in [-0.4, -0.2) is 32.9 Å². The summed E-state index contributed by atoms with van der Waals surface area (Å²) in [5.41, 5.74) is 7.07. The van der Waals surface area contributed by atoms with Gasteiger partial charge in [0.2, 0.25) is 0 Å². The van der Waals surface area contributed by atoms with Gasteiger partial charge in [0.15, 0.2) is 0 Å². The zero-order chi connectivity index (χ0) is 14.8. The van der Waals surface area contributed by atoms with E-state index in [0.29, 0.717) is 11.3 Å². The summed E-state index contributed by atoms with van der Waals surface area (Å²) in [7, 11) is 0. The van der Waals surface area contributed by atoms with Gasteiger partial charge in [-0.3, -0.25) is 4.79 Å². The Morgan fingerprint density at radius 1 is 1.48 bits per heavy atom. The highest BCUT2D eigenvalue weighted by Gasteiger charge is 2.29. The first-order valence-electron chi connectivity index (χ1n) is 7.29. The van der Waals surface area contributed by atoms with E-state index in [1.165, 1.54) is 0 Å². The Hall–Kier alpha value is -2.30. The number of likely N-dealkylation sites (tertiary alicyclic amines) is 1. The number of nitrogens with zero attached hydrogens (tertiary/aromatic N) is 3. The topological polar surface area (TPSA) is 64.2 Å². The van der Waals surface area contributed by atoms with E-state index >= 15 is 0 Å². The molecule has 0 spiro atoms. The van der Waals surface area contributed by atoms with Crippen molar-refractivity contribution in [2.45, 2.75) is 32.4 Å². The fraction of sp³-hybridized carbons (Fsp3) is 0.375. The van der Waals surface area contributed by atoms with Crippen molar-refractivity contribution in [1.29, 1.82) is 0 Å². The molecule has 2 aromatic rings. The molecule has 1 fully saturated rings. The lowest BCUT2D eigenvalue weighted by molar-refractivity contribution is 0.0724. The minimum Gasteiger partial charge on any atom is -0.399 e. The Labute approximate surface area is 124 Å². The van der Waals surface area contributed by atoms with Crippen LogP contribution in [0.4, 0.5) is 5.69 Å². The molecule has 1 atom stereocenters. The van der Waals surface area contributed by atoms with E-state index in [4.69, 9.17) is 5.73 Å². The zero-order valence-electron chi connectivity index (χ0n) is 12.2. The number of aryl methyl sites for hydroxylation is 1. The van der Waals surface area contributed by atoms with Gasteiger partial charge in [-0.1, -0.05) is 6.07 Å². The number of benzene rings is 1. The van der Waals surface area contributed by atoms with E-state index in [1.807, 2.05) is 30.2 Å². The molecule has 0 bridgehead atoms. The largest absolute Gasteiger partial charge is 0.399 e. The highest BCUT2D eigenvalue weighted by molar-refractivity contribution is 5.95. The number of amides is 1. The number of anilines is 1. The van der Waals surface area contributed by atoms with Crippen molar-refractivity contribution in [2.24, 2.45) is 0 Å². The third-order valence-electron chi connectivity index (χ3n) is 4.10. The molecule has 1 aromatic heterocycles. The van der Waals surface area contributed by atoms with Crippen molar-refractivity contribution < 1.29 is 4.79 Å². The highest BCUT2D eigenvalue weighted by atomic mass is 16.2. The first-order valence-corrected chi connectivity index (χ1v) is 7.29. The maximum atomic E-state index is 12.7. The molecule has 110 valence electrons. The quantitative estimate of drug-likeness (QED) is 0.878. The molecule has 1 saturated heterocycles. The van der Waals surface area contributed by atoms with Gasteiger partial charge < -0.3 is 15.2 Å². The second kappa shape index (κ2) is 5.60. The summed E-state index contributed by atoms with van der Waals surface area (Å²) < 4.78 is 2.11. The summed E-state index contributed by atoms with van der Waals surface area (Å²) in [6.45, 7) is 3.60.